The standard InChI is InChI=1S/C18H33P.C3H5.Pd/c1-4-10-16(11-5-1)19(17-12-6-2-7-13-17)18-14-8-3-9-15-18;1-3-2;/h16-18H,1-15H2;3H,1-2H2;/q;;-1/p+1. The van der Waals surface area contributed by atoms with Gasteiger partial charge in [-0.15, -0.1) is 0 Å². The maximum absolute atomic E-state index is 4.13. The summed E-state index contributed by atoms with van der Waals surface area (Å²) in [6.07, 6.45) is 25.9. The molecule has 0 aromatic carbocycles. The molecule has 0 aromatic rings. The predicted octanol–water partition coefficient (Wildman–Crippen LogP) is 7.34. The van der Waals surface area contributed by atoms with Gasteiger partial charge >= 0.3 is 154 Å². The van der Waals surface area contributed by atoms with Gasteiger partial charge in [0.2, 0.25) is 0 Å². The second-order valence-corrected chi connectivity index (χ2v) is 18.9. The van der Waals surface area contributed by atoms with Gasteiger partial charge in [-0.3, -0.25) is 0 Å². The first-order chi connectivity index (χ1) is 11.4. The summed E-state index contributed by atoms with van der Waals surface area (Å²) in [6, 6.07) is 0. The number of hydrogen-bond acceptors (Lipinski definition) is 0. The molecule has 3 fully saturated rings. The zero-order valence-electron chi connectivity index (χ0n) is 15.1. The van der Waals surface area contributed by atoms with Crippen LogP contribution in [-0.2, 0) is 17.5 Å². The van der Waals surface area contributed by atoms with Crippen molar-refractivity contribution in [1.82, 2.24) is 0 Å². The Kier molecular flexibility index (Phi) is 7.70. The summed E-state index contributed by atoms with van der Waals surface area (Å²) in [5, 5.41) is 0. The summed E-state index contributed by atoms with van der Waals surface area (Å²) in [5.74, 6) is 0. The zero-order valence-corrected chi connectivity index (χ0v) is 17.7. The van der Waals surface area contributed by atoms with Crippen LogP contribution in [0.5, 0.6) is 0 Å². The first-order valence-corrected chi connectivity index (χ1v) is 16.0. The Morgan fingerprint density at radius 2 is 1.00 bits per heavy atom. The van der Waals surface area contributed by atoms with E-state index in [0.29, 0.717) is 0 Å². The SMILES string of the molecule is C=C[CH2][Pd][PH](C1CCCCC1)(C1CCCCC1)C1CCCCC1. The van der Waals surface area contributed by atoms with Gasteiger partial charge in [-0.1, -0.05) is 0 Å². The van der Waals surface area contributed by atoms with Gasteiger partial charge < -0.3 is 0 Å². The van der Waals surface area contributed by atoms with Gasteiger partial charge in [0.05, 0.1) is 0 Å². The van der Waals surface area contributed by atoms with Crippen molar-refractivity contribution in [2.75, 3.05) is 0 Å². The summed E-state index contributed by atoms with van der Waals surface area (Å²) in [5.41, 5.74) is 2.48. The monoisotopic (exact) mass is 428 g/mol. The number of rotatable bonds is 6. The molecule has 0 bridgehead atoms. The van der Waals surface area contributed by atoms with E-state index in [1.165, 1.54) is 41.1 Å². The molecule has 3 aliphatic carbocycles. The van der Waals surface area contributed by atoms with Crippen LogP contribution >= 0.6 is 5.45 Å². The molecule has 0 heterocycles. The van der Waals surface area contributed by atoms with Crippen molar-refractivity contribution >= 4 is 5.45 Å². The summed E-state index contributed by atoms with van der Waals surface area (Å²) in [6.45, 7) is 4.13. The van der Waals surface area contributed by atoms with Crippen molar-refractivity contribution in [2.45, 2.75) is 118 Å². The topological polar surface area (TPSA) is 0 Å². The molecule has 0 amide bonds. The average molecular weight is 429 g/mol. The Balaban J connectivity index is 1.89. The van der Waals surface area contributed by atoms with Crippen LogP contribution in [0.4, 0.5) is 0 Å². The Morgan fingerprint density at radius 1 is 0.652 bits per heavy atom. The summed E-state index contributed by atoms with van der Waals surface area (Å²) >= 11 is 1.07. The van der Waals surface area contributed by atoms with E-state index in [9.17, 15) is 0 Å². The van der Waals surface area contributed by atoms with E-state index in [2.05, 4.69) is 12.7 Å². The predicted molar refractivity (Wildman–Crippen MR) is 104 cm³/mol. The van der Waals surface area contributed by atoms with E-state index in [1.807, 2.05) is 0 Å². The van der Waals surface area contributed by atoms with Crippen LogP contribution in [0.15, 0.2) is 12.7 Å². The van der Waals surface area contributed by atoms with Crippen LogP contribution in [0.2, 0.25) is 4.89 Å². The Hall–Kier alpha value is 0.832. The molecule has 0 radical (unpaired) electrons. The first kappa shape index (κ1) is 18.6. The number of allylic oxidation sites excluding steroid dienone is 1. The minimum absolute atomic E-state index is 1.07. The normalized spacial score (nSPS) is 27.1. The van der Waals surface area contributed by atoms with E-state index in [-0.39, 0.29) is 0 Å². The summed E-state index contributed by atoms with van der Waals surface area (Å²) in [7, 11) is 0. The van der Waals surface area contributed by atoms with E-state index in [4.69, 9.17) is 0 Å². The zero-order chi connectivity index (χ0) is 16.0. The molecule has 0 nitrogen and oxygen atoms in total. The van der Waals surface area contributed by atoms with Crippen LogP contribution in [0.25, 0.3) is 0 Å². The molecule has 3 saturated carbocycles. The van der Waals surface area contributed by atoms with Crippen molar-refractivity contribution in [3.63, 3.8) is 0 Å². The van der Waals surface area contributed by atoms with Gasteiger partial charge in [-0.25, -0.2) is 0 Å². The Bertz CT molecular complexity index is 303. The molecule has 138 valence electrons. The van der Waals surface area contributed by atoms with Crippen LogP contribution in [-0.4, -0.2) is 17.0 Å². The second kappa shape index (κ2) is 9.51. The van der Waals surface area contributed by atoms with E-state index >= 15 is 0 Å². The maximum atomic E-state index is 4.13. The Morgan fingerprint density at radius 3 is 1.30 bits per heavy atom. The molecule has 0 unspecified atom stereocenters. The fraction of sp³-hybridized carbons (Fsp3) is 0.905. The summed E-state index contributed by atoms with van der Waals surface area (Å²) < 4.78 is 0. The molecule has 23 heavy (non-hydrogen) atoms. The van der Waals surface area contributed by atoms with E-state index < -0.39 is 5.45 Å². The summed E-state index contributed by atoms with van der Waals surface area (Å²) in [4.78, 5) is 1.38. The molecule has 3 rings (SSSR count). The van der Waals surface area contributed by atoms with Crippen molar-refractivity contribution < 1.29 is 17.5 Å². The van der Waals surface area contributed by atoms with Crippen molar-refractivity contribution in [1.29, 1.82) is 0 Å². The minimum atomic E-state index is -1.14. The van der Waals surface area contributed by atoms with Crippen molar-refractivity contribution in [3.8, 4) is 0 Å². The molecule has 0 saturated heterocycles. The third kappa shape index (κ3) is 4.33. The molecular formula is C21H39PPd. The van der Waals surface area contributed by atoms with E-state index in [0.717, 1.165) is 17.5 Å². The third-order valence-corrected chi connectivity index (χ3v) is 22.8. The first-order valence-electron chi connectivity index (χ1n) is 10.5. The molecule has 0 aliphatic heterocycles. The van der Waals surface area contributed by atoms with Crippen LogP contribution < -0.4 is 0 Å². The molecule has 3 aliphatic rings. The van der Waals surface area contributed by atoms with Gasteiger partial charge in [-0.2, -0.15) is 0 Å². The molecule has 0 N–H and O–H groups in total. The quantitative estimate of drug-likeness (QED) is 0.236. The number of hydrogen-bond donors (Lipinski definition) is 0. The van der Waals surface area contributed by atoms with E-state index in [1.54, 1.807) is 77.0 Å². The van der Waals surface area contributed by atoms with Crippen molar-refractivity contribution in [2.24, 2.45) is 0 Å². The van der Waals surface area contributed by atoms with Crippen LogP contribution in [0.3, 0.4) is 0 Å². The van der Waals surface area contributed by atoms with Gasteiger partial charge in [0.15, 0.2) is 0 Å². The second-order valence-electron chi connectivity index (χ2n) is 8.31. The van der Waals surface area contributed by atoms with Gasteiger partial charge in [0, 0.05) is 0 Å². The molecule has 0 atom stereocenters. The third-order valence-electron chi connectivity index (χ3n) is 6.97. The average Bonchev–Trinajstić information content (AvgIpc) is 2.65. The molecule has 0 aromatic heterocycles. The van der Waals surface area contributed by atoms with Gasteiger partial charge in [0.1, 0.15) is 0 Å². The molecular weight excluding hydrogens is 390 g/mol. The van der Waals surface area contributed by atoms with Crippen LogP contribution in [0.1, 0.15) is 96.3 Å². The Labute approximate surface area is 153 Å². The fourth-order valence-electron chi connectivity index (χ4n) is 6.01. The molecule has 2 heteroatoms. The van der Waals surface area contributed by atoms with Crippen LogP contribution in [0, 0.1) is 0 Å². The molecule has 0 spiro atoms. The van der Waals surface area contributed by atoms with Crippen molar-refractivity contribution in [3.05, 3.63) is 12.7 Å². The fourth-order valence-corrected chi connectivity index (χ4v) is 23.0. The van der Waals surface area contributed by atoms with Gasteiger partial charge in [0.25, 0.3) is 0 Å². The van der Waals surface area contributed by atoms with Gasteiger partial charge in [-0.05, 0) is 0 Å².